The van der Waals surface area contributed by atoms with E-state index < -0.39 is 42.0 Å². The number of carbonyl (C=O) groups excluding carboxylic acids is 4. The number of anilines is 1. The fourth-order valence-corrected chi connectivity index (χ4v) is 3.43. The monoisotopic (exact) mass is 394 g/mol. The van der Waals surface area contributed by atoms with Crippen molar-refractivity contribution in [2.75, 3.05) is 11.9 Å². The van der Waals surface area contributed by atoms with E-state index in [1.165, 1.54) is 13.1 Å². The molecule has 1 saturated heterocycles. The second-order valence-corrected chi connectivity index (χ2v) is 6.93. The molecule has 4 amide bonds. The molecule has 9 nitrogen and oxygen atoms in total. The third-order valence-electron chi connectivity index (χ3n) is 4.68. The minimum Gasteiger partial charge on any atom is -0.451 e. The Morgan fingerprint density at radius 3 is 2.78 bits per heavy atom. The average Bonchev–Trinajstić information content (AvgIpc) is 3.18. The van der Waals surface area contributed by atoms with Crippen LogP contribution in [0.5, 0.6) is 0 Å². The molecule has 2 heterocycles. The van der Waals surface area contributed by atoms with Crippen molar-refractivity contribution >= 4 is 41.1 Å². The molecule has 0 unspecified atom stereocenters. The van der Waals surface area contributed by atoms with E-state index in [4.69, 9.17) is 16.3 Å². The largest absolute Gasteiger partial charge is 0.451 e. The van der Waals surface area contributed by atoms with Crippen molar-refractivity contribution in [3.8, 4) is 0 Å². The lowest BCUT2D eigenvalue weighted by Crippen LogP contribution is -2.44. The fourth-order valence-electron chi connectivity index (χ4n) is 3.27. The molecule has 144 valence electrons. The van der Waals surface area contributed by atoms with Crippen LogP contribution >= 0.6 is 11.6 Å². The summed E-state index contributed by atoms with van der Waals surface area (Å²) >= 11 is 5.86. The Morgan fingerprint density at radius 1 is 1.41 bits per heavy atom. The van der Waals surface area contributed by atoms with Crippen LogP contribution < -0.4 is 10.6 Å². The summed E-state index contributed by atoms with van der Waals surface area (Å²) in [6.45, 7) is 0.833. The molecule has 1 aromatic heterocycles. The van der Waals surface area contributed by atoms with Crippen molar-refractivity contribution in [1.29, 1.82) is 0 Å². The van der Waals surface area contributed by atoms with Crippen molar-refractivity contribution < 1.29 is 23.9 Å². The van der Waals surface area contributed by atoms with Gasteiger partial charge in [-0.25, -0.2) is 9.78 Å². The number of carbonyl (C=O) groups is 4. The van der Waals surface area contributed by atoms with Crippen molar-refractivity contribution in [2.45, 2.75) is 44.2 Å². The highest BCUT2D eigenvalue weighted by Gasteiger charge is 2.52. The van der Waals surface area contributed by atoms with Gasteiger partial charge < -0.3 is 15.4 Å². The van der Waals surface area contributed by atoms with Crippen molar-refractivity contribution in [3.05, 3.63) is 23.5 Å². The van der Waals surface area contributed by atoms with Crippen LogP contribution in [0.1, 0.15) is 32.6 Å². The zero-order valence-corrected chi connectivity index (χ0v) is 15.4. The Kier molecular flexibility index (Phi) is 5.31. The number of ether oxygens (including phenoxy) is 1. The summed E-state index contributed by atoms with van der Waals surface area (Å²) in [5, 5.41) is 5.28. The number of amides is 4. The summed E-state index contributed by atoms with van der Waals surface area (Å²) in [5.74, 6) is -1.88. The minimum absolute atomic E-state index is 0.102. The van der Waals surface area contributed by atoms with Crippen LogP contribution in [0.2, 0.25) is 5.15 Å². The average molecular weight is 395 g/mol. The van der Waals surface area contributed by atoms with Gasteiger partial charge in [0.25, 0.3) is 11.8 Å². The lowest BCUT2D eigenvalue weighted by molar-refractivity contribution is -0.155. The fraction of sp³-hybridized carbons (Fsp3) is 0.471. The molecule has 1 spiro atoms. The van der Waals surface area contributed by atoms with Gasteiger partial charge in [-0.3, -0.25) is 19.3 Å². The summed E-state index contributed by atoms with van der Waals surface area (Å²) in [4.78, 5) is 53.5. The van der Waals surface area contributed by atoms with Crippen LogP contribution in [-0.4, -0.2) is 51.9 Å². The van der Waals surface area contributed by atoms with E-state index in [-0.39, 0.29) is 10.8 Å². The molecule has 1 saturated carbocycles. The predicted molar refractivity (Wildman–Crippen MR) is 94.9 cm³/mol. The van der Waals surface area contributed by atoms with Gasteiger partial charge in [0.05, 0.1) is 5.69 Å². The molecule has 0 radical (unpaired) electrons. The first-order chi connectivity index (χ1) is 12.8. The number of aromatic nitrogens is 1. The zero-order chi connectivity index (χ0) is 19.6. The van der Waals surface area contributed by atoms with Crippen LogP contribution in [0.15, 0.2) is 18.3 Å². The van der Waals surface area contributed by atoms with E-state index in [1.54, 1.807) is 12.1 Å². The number of hydrogen-bond donors (Lipinski definition) is 2. The third-order valence-corrected chi connectivity index (χ3v) is 4.99. The summed E-state index contributed by atoms with van der Waals surface area (Å²) in [7, 11) is 0. The van der Waals surface area contributed by atoms with Gasteiger partial charge in [-0.15, -0.1) is 0 Å². The molecule has 1 aromatic rings. The molecule has 10 heteroatoms. The normalized spacial score (nSPS) is 19.1. The molecule has 1 atom stereocenters. The number of esters is 1. The van der Waals surface area contributed by atoms with Crippen molar-refractivity contribution in [3.63, 3.8) is 0 Å². The maximum Gasteiger partial charge on any atom is 0.327 e. The van der Waals surface area contributed by atoms with Gasteiger partial charge in [0.1, 0.15) is 12.1 Å². The zero-order valence-electron chi connectivity index (χ0n) is 14.7. The van der Waals surface area contributed by atoms with E-state index in [1.807, 2.05) is 0 Å². The van der Waals surface area contributed by atoms with E-state index in [2.05, 4.69) is 15.6 Å². The van der Waals surface area contributed by atoms with E-state index >= 15 is 0 Å². The number of nitrogens with zero attached hydrogens (tertiary/aromatic N) is 2. The minimum atomic E-state index is -1.14. The SMILES string of the molecule is C[C@@H](OC(=O)CN1C(=O)NC2(CCCC2)C1=O)C(=O)Nc1cccnc1Cl. The lowest BCUT2D eigenvalue weighted by atomic mass is 9.98. The number of hydrogen-bond acceptors (Lipinski definition) is 6. The Morgan fingerprint density at radius 2 is 2.11 bits per heavy atom. The van der Waals surface area contributed by atoms with E-state index in [9.17, 15) is 19.2 Å². The molecule has 27 heavy (non-hydrogen) atoms. The van der Waals surface area contributed by atoms with Crippen LogP contribution in [0.4, 0.5) is 10.5 Å². The Hall–Kier alpha value is -2.68. The van der Waals surface area contributed by atoms with Crippen LogP contribution in [0.3, 0.4) is 0 Å². The maximum atomic E-state index is 12.5. The third kappa shape index (κ3) is 3.87. The predicted octanol–water partition coefficient (Wildman–Crippen LogP) is 1.47. The van der Waals surface area contributed by atoms with Crippen molar-refractivity contribution in [2.24, 2.45) is 0 Å². The molecule has 2 aliphatic rings. The Labute approximate surface area is 160 Å². The number of pyridine rings is 1. The summed E-state index contributed by atoms with van der Waals surface area (Å²) in [6, 6.07) is 2.53. The molecular weight excluding hydrogens is 376 g/mol. The molecular formula is C17H19ClN4O5. The topological polar surface area (TPSA) is 118 Å². The van der Waals surface area contributed by atoms with E-state index in [0.29, 0.717) is 12.8 Å². The van der Waals surface area contributed by atoms with Crippen LogP contribution in [0.25, 0.3) is 0 Å². The summed E-state index contributed by atoms with van der Waals surface area (Å²) < 4.78 is 5.05. The first-order valence-electron chi connectivity index (χ1n) is 8.57. The van der Waals surface area contributed by atoms with Gasteiger partial charge in [0, 0.05) is 6.20 Å². The van der Waals surface area contributed by atoms with Crippen molar-refractivity contribution in [1.82, 2.24) is 15.2 Å². The number of imide groups is 1. The number of halogens is 1. The number of rotatable bonds is 5. The first-order valence-corrected chi connectivity index (χ1v) is 8.95. The van der Waals surface area contributed by atoms with Gasteiger partial charge in [-0.2, -0.15) is 0 Å². The molecule has 2 N–H and O–H groups in total. The van der Waals surface area contributed by atoms with Crippen LogP contribution in [-0.2, 0) is 19.1 Å². The van der Waals surface area contributed by atoms with Gasteiger partial charge in [0.2, 0.25) is 0 Å². The summed E-state index contributed by atoms with van der Waals surface area (Å²) in [5.41, 5.74) is -0.610. The quantitative estimate of drug-likeness (QED) is 0.443. The molecule has 3 rings (SSSR count). The van der Waals surface area contributed by atoms with Gasteiger partial charge in [-0.1, -0.05) is 24.4 Å². The molecule has 0 bridgehead atoms. The number of nitrogens with one attached hydrogen (secondary N) is 2. The summed E-state index contributed by atoms with van der Waals surface area (Å²) in [6.07, 6.45) is 3.14. The number of urea groups is 1. The lowest BCUT2D eigenvalue weighted by Gasteiger charge is -2.20. The second-order valence-electron chi connectivity index (χ2n) is 6.57. The van der Waals surface area contributed by atoms with E-state index in [0.717, 1.165) is 17.7 Å². The standard InChI is InChI=1S/C17H19ClN4O5/c1-10(14(24)20-11-5-4-8-19-13(11)18)27-12(23)9-22-15(25)17(21-16(22)26)6-2-3-7-17/h4-5,8,10H,2-3,6-7,9H2,1H3,(H,20,24)(H,21,26)/t10-/m1/s1. The Bertz CT molecular complexity index is 793. The van der Waals surface area contributed by atoms with Gasteiger partial charge in [0.15, 0.2) is 11.3 Å². The second kappa shape index (κ2) is 7.51. The first kappa shape index (κ1) is 19.1. The molecule has 2 fully saturated rings. The molecule has 1 aliphatic heterocycles. The van der Waals surface area contributed by atoms with Gasteiger partial charge in [-0.05, 0) is 31.9 Å². The molecule has 0 aromatic carbocycles. The Balaban J connectivity index is 1.56. The van der Waals surface area contributed by atoms with Crippen LogP contribution in [0, 0.1) is 0 Å². The smallest absolute Gasteiger partial charge is 0.327 e. The maximum absolute atomic E-state index is 12.5. The highest BCUT2D eigenvalue weighted by molar-refractivity contribution is 6.32. The highest BCUT2D eigenvalue weighted by atomic mass is 35.5. The molecule has 1 aliphatic carbocycles. The van der Waals surface area contributed by atoms with Gasteiger partial charge >= 0.3 is 12.0 Å². The highest BCUT2D eigenvalue weighted by Crippen LogP contribution is 2.34.